The van der Waals surface area contributed by atoms with Crippen LogP contribution in [0.3, 0.4) is 0 Å². The number of nitrogens with zero attached hydrogens (tertiary/aromatic N) is 4. The van der Waals surface area contributed by atoms with Gasteiger partial charge >= 0.3 is 27.9 Å². The second kappa shape index (κ2) is 23.8. The number of anilines is 1. The molecule has 6 nitrogen and oxygen atoms in total. The molecule has 43 heavy (non-hydrogen) atoms. The normalized spacial score (nSPS) is 13.8. The van der Waals surface area contributed by atoms with Crippen LogP contribution in [-0.2, 0) is 24.7 Å². The number of fused-ring (bicyclic) bond motifs is 1. The van der Waals surface area contributed by atoms with Gasteiger partial charge in [0.25, 0.3) is 0 Å². The summed E-state index contributed by atoms with van der Waals surface area (Å²) in [6, 6.07) is 8.70. The van der Waals surface area contributed by atoms with E-state index in [2.05, 4.69) is 95.1 Å². The van der Waals surface area contributed by atoms with Crippen LogP contribution in [0.15, 0.2) is 36.7 Å². The SMILES string of the molecule is CC.CCCC(C)=O.CCCc1c(N2CCNC3(CC3)C2)ccnc1C.CCCc1ccc2nn(C)cc2c1.[B]Cl.[CH3][Sb]. The quantitative estimate of drug-likeness (QED) is 0.254. The Bertz CT molecular complexity index is 1170. The van der Waals surface area contributed by atoms with E-state index in [9.17, 15) is 4.79 Å². The van der Waals surface area contributed by atoms with Gasteiger partial charge in [0.15, 0.2) is 0 Å². The first kappa shape index (κ1) is 41.4. The van der Waals surface area contributed by atoms with Crippen LogP contribution in [0.2, 0.25) is 4.87 Å². The van der Waals surface area contributed by atoms with E-state index in [4.69, 9.17) is 0 Å². The van der Waals surface area contributed by atoms with Crippen LogP contribution < -0.4 is 10.2 Å². The summed E-state index contributed by atoms with van der Waals surface area (Å²) in [4.78, 5) is 19.1. The molecule has 0 unspecified atom stereocenters. The van der Waals surface area contributed by atoms with E-state index in [1.165, 1.54) is 60.1 Å². The first-order chi connectivity index (χ1) is 20.8. The van der Waals surface area contributed by atoms with E-state index in [1.807, 2.05) is 38.7 Å². The monoisotopic (exact) mass is 717 g/mol. The molecule has 1 aliphatic heterocycles. The van der Waals surface area contributed by atoms with Crippen molar-refractivity contribution in [1.82, 2.24) is 20.1 Å². The zero-order valence-electron chi connectivity index (χ0n) is 28.3. The standard InChI is InChI=1S/C15H23N3.C11H14N2.C5H10O.C2H6.CH3.BCl.Sb/c1-3-4-13-12(2)16-8-5-14(13)18-10-9-17-15(11-18)6-7-15;1-3-4-9-5-6-11-10(7-9)8-13(2)12-11;1-3-4-5(2)6;1-2;;1-2;/h5,8,17H,3-4,6-7,9-11H2,1-2H3;5-8H,3-4H2,1-2H3;3-4H2,1-2H3;1-2H3;1H3;;. The van der Waals surface area contributed by atoms with Crippen LogP contribution in [-0.4, -0.2) is 76.0 Å². The Hall–Kier alpha value is -1.56. The minimum atomic E-state index is 0.289. The van der Waals surface area contributed by atoms with Crippen LogP contribution in [0, 0.1) is 6.92 Å². The first-order valence-corrected chi connectivity index (χ1v) is 18.8. The fourth-order valence-electron chi connectivity index (χ4n) is 5.08. The zero-order chi connectivity index (χ0) is 32.8. The maximum absolute atomic E-state index is 10.0. The molecule has 9 heteroatoms. The molecule has 1 spiro atoms. The third kappa shape index (κ3) is 14.8. The number of carbonyl (C=O) groups is 1. The minimum absolute atomic E-state index is 0.289. The number of hydrogen-bond donors (Lipinski definition) is 1. The topological polar surface area (TPSA) is 63.1 Å². The Kier molecular flexibility index (Phi) is 22.9. The molecule has 1 aromatic carbocycles. The second-order valence-corrected chi connectivity index (χ2v) is 10.7. The average molecular weight is 719 g/mol. The number of hydrogen-bond acceptors (Lipinski definition) is 5. The van der Waals surface area contributed by atoms with Gasteiger partial charge in [-0.1, -0.05) is 53.5 Å². The summed E-state index contributed by atoms with van der Waals surface area (Å²) in [6.45, 7) is 17.6. The van der Waals surface area contributed by atoms with Crippen molar-refractivity contribution in [1.29, 1.82) is 0 Å². The van der Waals surface area contributed by atoms with E-state index < -0.39 is 0 Å². The van der Waals surface area contributed by atoms with Crippen molar-refractivity contribution in [3.05, 3.63) is 53.5 Å². The molecule has 3 heterocycles. The van der Waals surface area contributed by atoms with Gasteiger partial charge in [0.2, 0.25) is 7.26 Å². The number of Topliss-reactive ketones (excluding diaryl/α,β-unsaturated/α-hetero) is 1. The Morgan fingerprint density at radius 3 is 2.26 bits per heavy atom. The van der Waals surface area contributed by atoms with Crippen LogP contribution in [0.25, 0.3) is 10.9 Å². The number of halogens is 1. The molecule has 3 aromatic rings. The molecule has 5 rings (SSSR count). The molecule has 0 bridgehead atoms. The van der Waals surface area contributed by atoms with Crippen LogP contribution in [0.1, 0.15) is 96.9 Å². The van der Waals surface area contributed by atoms with Crippen molar-refractivity contribution in [2.24, 2.45) is 7.05 Å². The number of pyridine rings is 1. The summed E-state index contributed by atoms with van der Waals surface area (Å²) in [5, 5.41) is 9.25. The molecule has 4 radical (unpaired) electrons. The molecule has 1 aliphatic carbocycles. The van der Waals surface area contributed by atoms with Crippen molar-refractivity contribution in [3.63, 3.8) is 0 Å². The fraction of sp³-hybridized carbons (Fsp3) is 0.618. The average Bonchev–Trinajstić information content (AvgIpc) is 3.65. The number of carbonyl (C=O) groups excluding carboxylic acids is 1. The van der Waals surface area contributed by atoms with Gasteiger partial charge in [0.1, 0.15) is 5.78 Å². The third-order valence-electron chi connectivity index (χ3n) is 7.14. The second-order valence-electron chi connectivity index (χ2n) is 10.7. The summed E-state index contributed by atoms with van der Waals surface area (Å²) in [5.74, 6) is 0.289. The number of aryl methyl sites for hydroxylation is 3. The van der Waals surface area contributed by atoms with Crippen LogP contribution in [0.4, 0.5) is 5.69 Å². The van der Waals surface area contributed by atoms with Crippen molar-refractivity contribution < 1.29 is 4.79 Å². The van der Waals surface area contributed by atoms with Crippen molar-refractivity contribution in [3.8, 4) is 0 Å². The van der Waals surface area contributed by atoms with Gasteiger partial charge in [0, 0.05) is 67.8 Å². The molecule has 2 aromatic heterocycles. The first-order valence-electron chi connectivity index (χ1n) is 15.8. The van der Waals surface area contributed by atoms with E-state index >= 15 is 0 Å². The summed E-state index contributed by atoms with van der Waals surface area (Å²) in [6.07, 6.45) is 13.1. The summed E-state index contributed by atoms with van der Waals surface area (Å²) in [5.41, 5.74) is 7.02. The van der Waals surface area contributed by atoms with Gasteiger partial charge in [-0.15, -0.1) is 0 Å². The number of benzene rings is 1. The van der Waals surface area contributed by atoms with Gasteiger partial charge in [-0.2, -0.15) is 5.10 Å². The molecule has 1 saturated carbocycles. The molecule has 1 N–H and O–H groups in total. The molecular formula is C34H56BClN5OSb. The van der Waals surface area contributed by atoms with Gasteiger partial charge in [-0.25, -0.2) is 11.5 Å². The Morgan fingerprint density at radius 1 is 1.07 bits per heavy atom. The molecular weight excluding hydrogens is 662 g/mol. The van der Waals surface area contributed by atoms with Crippen molar-refractivity contribution >= 4 is 64.1 Å². The molecule has 0 amide bonds. The van der Waals surface area contributed by atoms with Gasteiger partial charge in [-0.05, 0) is 75.3 Å². The number of rotatable bonds is 7. The molecule has 1 saturated heterocycles. The van der Waals surface area contributed by atoms with Gasteiger partial charge < -0.3 is 15.0 Å². The Labute approximate surface area is 282 Å². The zero-order valence-corrected chi connectivity index (χ0v) is 31.7. The van der Waals surface area contributed by atoms with E-state index in [1.54, 1.807) is 29.9 Å². The van der Waals surface area contributed by atoms with E-state index in [0.717, 1.165) is 44.3 Å². The van der Waals surface area contributed by atoms with E-state index in [0.29, 0.717) is 5.54 Å². The van der Waals surface area contributed by atoms with Gasteiger partial charge in [0.05, 0.1) is 5.52 Å². The molecule has 2 fully saturated rings. The maximum atomic E-state index is 10.0. The summed E-state index contributed by atoms with van der Waals surface area (Å²) in [7, 11) is 5.93. The predicted octanol–water partition coefficient (Wildman–Crippen LogP) is 7.72. The van der Waals surface area contributed by atoms with Crippen LogP contribution in [0.5, 0.6) is 0 Å². The summed E-state index contributed by atoms with van der Waals surface area (Å²) >= 11 is 5.89. The predicted molar refractivity (Wildman–Crippen MR) is 190 cm³/mol. The molecule has 0 atom stereocenters. The van der Waals surface area contributed by atoms with Crippen LogP contribution >= 0.6 is 11.5 Å². The molecule has 2 aliphatic rings. The number of aromatic nitrogens is 3. The third-order valence-corrected chi connectivity index (χ3v) is 7.14. The Morgan fingerprint density at radius 2 is 1.72 bits per heavy atom. The van der Waals surface area contributed by atoms with Crippen molar-refractivity contribution in [2.75, 3.05) is 24.5 Å². The Balaban J connectivity index is 0.000000619. The number of ketones is 1. The molecule has 238 valence electrons. The van der Waals surface area contributed by atoms with E-state index in [-0.39, 0.29) is 5.78 Å². The van der Waals surface area contributed by atoms with Crippen molar-refractivity contribution in [2.45, 2.75) is 110 Å². The van der Waals surface area contributed by atoms with Gasteiger partial charge in [-0.3, -0.25) is 9.67 Å². The number of piperazine rings is 1. The fourth-order valence-corrected chi connectivity index (χ4v) is 5.08. The number of nitrogens with one attached hydrogen (secondary N) is 1. The summed E-state index contributed by atoms with van der Waals surface area (Å²) < 4.78 is 1.86.